The van der Waals surface area contributed by atoms with Crippen LogP contribution in [0.1, 0.15) is 40.5 Å². The standard InChI is InChI=1S/C32H41BrN4O7/c1-5-35(6-2)21-11-13-22(14-12-21)36-15-9-7-8-10-24(39)34-17-20(4)43-31(42)25-26-29(40)37(19(3)18-38)28(30(36)41)32(26)16-23(33)27(25)44-32/h7,9,11-14,16,19-20,25-28,38H,5-6,8,10,15,17-18H2,1-4H3,(H,34,39)/b9-7-/t19-,20+,25-,26+,27-,28-,32+/m1/s1. The molecule has 1 spiro atoms. The maximum absolute atomic E-state index is 14.8. The van der Waals surface area contributed by atoms with E-state index in [4.69, 9.17) is 9.47 Å². The summed E-state index contributed by atoms with van der Waals surface area (Å²) in [6.07, 6.45) is 4.67. The van der Waals surface area contributed by atoms with Crippen LogP contribution in [-0.2, 0) is 28.7 Å². The van der Waals surface area contributed by atoms with Crippen molar-refractivity contribution in [2.24, 2.45) is 11.8 Å². The summed E-state index contributed by atoms with van der Waals surface area (Å²) in [6.45, 7) is 9.09. The molecule has 4 heterocycles. The quantitative estimate of drug-likeness (QED) is 0.349. The number of esters is 1. The summed E-state index contributed by atoms with van der Waals surface area (Å²) in [7, 11) is 0. The molecule has 238 valence electrons. The van der Waals surface area contributed by atoms with Crippen molar-refractivity contribution in [2.75, 3.05) is 42.6 Å². The second-order valence-electron chi connectivity index (χ2n) is 11.8. The molecule has 11 nitrogen and oxygen atoms in total. The van der Waals surface area contributed by atoms with Crippen LogP contribution in [0.3, 0.4) is 0 Å². The number of hydrogen-bond donors (Lipinski definition) is 2. The number of nitrogens with zero attached hydrogens (tertiary/aromatic N) is 3. The number of rotatable bonds is 6. The third-order valence-corrected chi connectivity index (χ3v) is 9.74. The van der Waals surface area contributed by atoms with Crippen LogP contribution in [0.5, 0.6) is 0 Å². The van der Waals surface area contributed by atoms with Crippen LogP contribution in [0.2, 0.25) is 0 Å². The number of carbonyl (C=O) groups excluding carboxylic acids is 4. The first-order valence-electron chi connectivity index (χ1n) is 15.4. The fraction of sp³-hybridized carbons (Fsp3) is 0.562. The molecule has 0 aromatic heterocycles. The van der Waals surface area contributed by atoms with Gasteiger partial charge in [0.2, 0.25) is 11.8 Å². The van der Waals surface area contributed by atoms with E-state index in [1.54, 1.807) is 24.8 Å². The van der Waals surface area contributed by atoms with Crippen LogP contribution in [0, 0.1) is 11.8 Å². The van der Waals surface area contributed by atoms with Gasteiger partial charge in [0, 0.05) is 41.9 Å². The number of fused-ring (bicyclic) bond motifs is 2. The molecule has 4 aliphatic rings. The van der Waals surface area contributed by atoms with Crippen molar-refractivity contribution in [3.63, 3.8) is 0 Å². The molecule has 0 aliphatic carbocycles. The summed E-state index contributed by atoms with van der Waals surface area (Å²) < 4.78 is 12.8. The Labute approximate surface area is 266 Å². The number of halogens is 1. The average Bonchev–Trinajstić information content (AvgIpc) is 3.61. The fourth-order valence-electron chi connectivity index (χ4n) is 6.85. The van der Waals surface area contributed by atoms with Crippen molar-refractivity contribution in [1.82, 2.24) is 10.2 Å². The van der Waals surface area contributed by atoms with Gasteiger partial charge >= 0.3 is 5.97 Å². The van der Waals surface area contributed by atoms with Crippen molar-refractivity contribution in [3.05, 3.63) is 47.0 Å². The summed E-state index contributed by atoms with van der Waals surface area (Å²) in [5.74, 6) is -3.70. The molecule has 2 N–H and O–H groups in total. The normalized spacial score (nSPS) is 32.2. The van der Waals surface area contributed by atoms with Crippen molar-refractivity contribution < 1.29 is 33.8 Å². The highest BCUT2D eigenvalue weighted by Crippen LogP contribution is 2.59. The summed E-state index contributed by atoms with van der Waals surface area (Å²) in [4.78, 5) is 60.3. The van der Waals surface area contributed by atoms with Crippen LogP contribution in [0.15, 0.2) is 47.0 Å². The van der Waals surface area contributed by atoms with Crippen molar-refractivity contribution in [1.29, 1.82) is 0 Å². The second kappa shape index (κ2) is 13.0. The predicted molar refractivity (Wildman–Crippen MR) is 168 cm³/mol. The maximum Gasteiger partial charge on any atom is 0.313 e. The number of carbonyl (C=O) groups is 4. The van der Waals surface area contributed by atoms with E-state index < -0.39 is 59.5 Å². The van der Waals surface area contributed by atoms with Crippen LogP contribution >= 0.6 is 15.9 Å². The predicted octanol–water partition coefficient (Wildman–Crippen LogP) is 2.52. The molecule has 44 heavy (non-hydrogen) atoms. The first-order chi connectivity index (χ1) is 21.1. The maximum atomic E-state index is 14.8. The fourth-order valence-corrected chi connectivity index (χ4v) is 7.58. The smallest absolute Gasteiger partial charge is 0.313 e. The number of aliphatic hydroxyl groups excluding tert-OH is 1. The Morgan fingerprint density at radius 3 is 2.48 bits per heavy atom. The van der Waals surface area contributed by atoms with Gasteiger partial charge in [-0.1, -0.05) is 28.1 Å². The molecule has 2 fully saturated rings. The molecule has 1 aromatic carbocycles. The van der Waals surface area contributed by atoms with E-state index in [0.29, 0.717) is 16.6 Å². The molecule has 0 saturated carbocycles. The lowest BCUT2D eigenvalue weighted by molar-refractivity contribution is -0.159. The summed E-state index contributed by atoms with van der Waals surface area (Å²) in [5, 5.41) is 13.0. The topological polar surface area (TPSA) is 129 Å². The third-order valence-electron chi connectivity index (χ3n) is 9.06. The Kier molecular flexibility index (Phi) is 9.52. The number of aliphatic hydroxyl groups is 1. The first-order valence-corrected chi connectivity index (χ1v) is 16.1. The Balaban J connectivity index is 1.61. The second-order valence-corrected chi connectivity index (χ2v) is 12.7. The highest BCUT2D eigenvalue weighted by atomic mass is 79.9. The molecule has 7 atom stereocenters. The molecule has 5 rings (SSSR count). The number of cyclic esters (lactones) is 1. The van der Waals surface area contributed by atoms with Crippen LogP contribution in [0.4, 0.5) is 11.4 Å². The lowest BCUT2D eigenvalue weighted by Crippen LogP contribution is -2.58. The van der Waals surface area contributed by atoms with E-state index in [0.717, 1.165) is 18.8 Å². The number of anilines is 2. The van der Waals surface area contributed by atoms with Crippen LogP contribution < -0.4 is 15.1 Å². The molecule has 5 bridgehead atoms. The first kappa shape index (κ1) is 32.2. The van der Waals surface area contributed by atoms with E-state index in [1.165, 1.54) is 4.90 Å². The minimum Gasteiger partial charge on any atom is -0.460 e. The van der Waals surface area contributed by atoms with Crippen molar-refractivity contribution in [3.8, 4) is 0 Å². The number of nitrogens with one attached hydrogen (secondary N) is 1. The monoisotopic (exact) mass is 672 g/mol. The molecule has 0 unspecified atom stereocenters. The van der Waals surface area contributed by atoms with Gasteiger partial charge in [-0.3, -0.25) is 19.2 Å². The molecule has 2 saturated heterocycles. The van der Waals surface area contributed by atoms with Crippen LogP contribution in [0.25, 0.3) is 0 Å². The van der Waals surface area contributed by atoms with E-state index in [1.807, 2.05) is 36.4 Å². The number of benzene rings is 1. The molecular formula is C32H41BrN4O7. The van der Waals surface area contributed by atoms with Gasteiger partial charge in [-0.2, -0.15) is 0 Å². The molecular weight excluding hydrogens is 632 g/mol. The van der Waals surface area contributed by atoms with Gasteiger partial charge in [0.1, 0.15) is 29.8 Å². The lowest BCUT2D eigenvalue weighted by atomic mass is 9.74. The largest absolute Gasteiger partial charge is 0.460 e. The number of hydrogen-bond acceptors (Lipinski definition) is 8. The highest BCUT2D eigenvalue weighted by Gasteiger charge is 2.75. The molecule has 0 radical (unpaired) electrons. The number of allylic oxidation sites excluding steroid dienone is 1. The van der Waals surface area contributed by atoms with Gasteiger partial charge in [0.05, 0.1) is 25.1 Å². The van der Waals surface area contributed by atoms with Gasteiger partial charge < -0.3 is 34.6 Å². The number of amides is 3. The van der Waals surface area contributed by atoms with Gasteiger partial charge in [-0.15, -0.1) is 0 Å². The van der Waals surface area contributed by atoms with Gasteiger partial charge in [0.15, 0.2) is 0 Å². The zero-order valence-electron chi connectivity index (χ0n) is 25.6. The van der Waals surface area contributed by atoms with Gasteiger partial charge in [-0.05, 0) is 64.5 Å². The molecule has 12 heteroatoms. The summed E-state index contributed by atoms with van der Waals surface area (Å²) in [5.41, 5.74) is 0.193. The Morgan fingerprint density at radius 2 is 1.82 bits per heavy atom. The molecule has 4 aliphatic heterocycles. The highest BCUT2D eigenvalue weighted by molar-refractivity contribution is 9.11. The zero-order valence-corrected chi connectivity index (χ0v) is 27.2. The zero-order chi connectivity index (χ0) is 31.8. The number of likely N-dealkylation sites (tertiary alicyclic amines) is 1. The van der Waals surface area contributed by atoms with E-state index in [9.17, 15) is 24.3 Å². The Bertz CT molecular complexity index is 1350. The summed E-state index contributed by atoms with van der Waals surface area (Å²) in [6, 6.07) is 5.81. The van der Waals surface area contributed by atoms with Crippen molar-refractivity contribution >= 4 is 51.0 Å². The van der Waals surface area contributed by atoms with Crippen LogP contribution in [-0.4, -0.2) is 96.4 Å². The van der Waals surface area contributed by atoms with Gasteiger partial charge in [0.25, 0.3) is 5.91 Å². The minimum absolute atomic E-state index is 0.124. The third kappa shape index (κ3) is 5.56. The SMILES string of the molecule is CCN(CC)c1ccc(N2C/C=C\CCC(=O)NC[C@H](C)OC(=O)[C@H]3[C@@H]4O[C@@]5(C=C4Br)[C@@H]3C(=O)N([C@H](C)CO)[C@@H]5C2=O)cc1. The number of ether oxygens (including phenoxy) is 2. The lowest BCUT2D eigenvalue weighted by Gasteiger charge is -2.37. The van der Waals surface area contributed by atoms with E-state index in [-0.39, 0.29) is 32.0 Å². The van der Waals surface area contributed by atoms with E-state index in [2.05, 4.69) is 40.0 Å². The Hall–Kier alpha value is -3.22. The molecule has 3 amide bonds. The van der Waals surface area contributed by atoms with Crippen molar-refractivity contribution in [2.45, 2.75) is 70.4 Å². The average molecular weight is 674 g/mol. The minimum atomic E-state index is -1.45. The Morgan fingerprint density at radius 1 is 1.11 bits per heavy atom. The van der Waals surface area contributed by atoms with E-state index >= 15 is 0 Å². The van der Waals surface area contributed by atoms with Gasteiger partial charge in [-0.25, -0.2) is 0 Å². The molecule has 1 aromatic rings. The summed E-state index contributed by atoms with van der Waals surface area (Å²) >= 11 is 3.54.